The minimum Gasteiger partial charge on any atom is -0.493 e. The average molecular weight is 535 g/mol. The van der Waals surface area contributed by atoms with Crippen LogP contribution in [0.5, 0.6) is 5.75 Å². The maximum Gasteiger partial charge on any atom is 0.191 e. The van der Waals surface area contributed by atoms with Crippen molar-refractivity contribution in [1.29, 1.82) is 0 Å². The molecule has 2 fully saturated rings. The number of rotatable bonds is 10. The summed E-state index contributed by atoms with van der Waals surface area (Å²) >= 11 is 0. The molecule has 29 heavy (non-hydrogen) atoms. The molecular formula is C21H34IN3O3S. The summed E-state index contributed by atoms with van der Waals surface area (Å²) in [6, 6.07) is 6.25. The van der Waals surface area contributed by atoms with Gasteiger partial charge >= 0.3 is 0 Å². The summed E-state index contributed by atoms with van der Waals surface area (Å²) in [4.78, 5) is 4.71. The molecule has 2 aliphatic carbocycles. The van der Waals surface area contributed by atoms with Gasteiger partial charge < -0.3 is 15.4 Å². The van der Waals surface area contributed by atoms with E-state index < -0.39 is 9.84 Å². The molecular weight excluding hydrogens is 501 g/mol. The number of guanidine groups is 1. The lowest BCUT2D eigenvalue weighted by molar-refractivity contribution is 0.296. The van der Waals surface area contributed by atoms with Crippen LogP contribution < -0.4 is 15.4 Å². The molecule has 164 valence electrons. The number of nitrogens with zero attached hydrogens (tertiary/aromatic N) is 1. The predicted octanol–water partition coefficient (Wildman–Crippen LogP) is 3.28. The zero-order chi connectivity index (χ0) is 20.2. The highest BCUT2D eigenvalue weighted by Gasteiger charge is 2.45. The van der Waals surface area contributed by atoms with E-state index in [0.717, 1.165) is 43.3 Å². The largest absolute Gasteiger partial charge is 0.493 e. The van der Waals surface area contributed by atoms with Crippen molar-refractivity contribution in [3.63, 3.8) is 0 Å². The molecule has 6 nitrogen and oxygen atoms in total. The molecule has 0 atom stereocenters. The Morgan fingerprint density at radius 3 is 2.59 bits per heavy atom. The summed E-state index contributed by atoms with van der Waals surface area (Å²) in [5.41, 5.74) is 2.12. The van der Waals surface area contributed by atoms with Gasteiger partial charge in [-0.2, -0.15) is 0 Å². The Labute approximate surface area is 192 Å². The normalized spacial score (nSPS) is 18.0. The van der Waals surface area contributed by atoms with Crippen molar-refractivity contribution in [2.45, 2.75) is 46.1 Å². The summed E-state index contributed by atoms with van der Waals surface area (Å²) in [6.45, 7) is 6.78. The van der Waals surface area contributed by atoms with Crippen molar-refractivity contribution < 1.29 is 13.2 Å². The number of sulfone groups is 1. The standard InChI is InChI=1S/C21H33N3O3S.HI/c1-4-22-20(24-14-21(9-10-21)15-28(3,25)26)23-12-18-8-5-16(2)11-19(18)27-13-17-6-7-17;/h5,8,11,17H,4,6-7,9-10,12-15H2,1-3H3,(H2,22,23,24);1H. The van der Waals surface area contributed by atoms with Crippen molar-refractivity contribution in [3.05, 3.63) is 29.3 Å². The molecule has 8 heteroatoms. The van der Waals surface area contributed by atoms with Gasteiger partial charge in [0.05, 0.1) is 18.9 Å². The van der Waals surface area contributed by atoms with Crippen LogP contribution in [0, 0.1) is 18.3 Å². The van der Waals surface area contributed by atoms with Crippen LogP contribution in [0.4, 0.5) is 0 Å². The fraction of sp³-hybridized carbons (Fsp3) is 0.667. The number of aliphatic imine (C=N–C) groups is 1. The summed E-state index contributed by atoms with van der Waals surface area (Å²) in [7, 11) is -2.97. The van der Waals surface area contributed by atoms with Crippen LogP contribution in [-0.4, -0.2) is 46.1 Å². The van der Waals surface area contributed by atoms with Gasteiger partial charge in [0.1, 0.15) is 15.6 Å². The molecule has 2 saturated carbocycles. The molecule has 0 heterocycles. The van der Waals surface area contributed by atoms with Crippen molar-refractivity contribution in [3.8, 4) is 5.75 Å². The minimum absolute atomic E-state index is 0. The van der Waals surface area contributed by atoms with E-state index in [1.807, 2.05) is 6.92 Å². The second-order valence-corrected chi connectivity index (χ2v) is 10.6. The maximum atomic E-state index is 11.7. The number of halogens is 1. The third-order valence-electron chi connectivity index (χ3n) is 5.30. The van der Waals surface area contributed by atoms with Gasteiger partial charge in [-0.05, 0) is 57.1 Å². The van der Waals surface area contributed by atoms with E-state index in [1.165, 1.54) is 24.7 Å². The van der Waals surface area contributed by atoms with Gasteiger partial charge in [0, 0.05) is 30.3 Å². The maximum absolute atomic E-state index is 11.7. The summed E-state index contributed by atoms with van der Waals surface area (Å²) in [6.07, 6.45) is 5.74. The van der Waals surface area contributed by atoms with Crippen molar-refractivity contribution in [1.82, 2.24) is 10.6 Å². The van der Waals surface area contributed by atoms with E-state index >= 15 is 0 Å². The summed E-state index contributed by atoms with van der Waals surface area (Å²) < 4.78 is 29.4. The number of nitrogens with one attached hydrogen (secondary N) is 2. The molecule has 0 unspecified atom stereocenters. The van der Waals surface area contributed by atoms with Crippen LogP contribution in [0.25, 0.3) is 0 Å². The monoisotopic (exact) mass is 535 g/mol. The Balaban J connectivity index is 0.00000300. The number of benzene rings is 1. The van der Waals surface area contributed by atoms with Crippen molar-refractivity contribution in [2.24, 2.45) is 16.3 Å². The van der Waals surface area contributed by atoms with Crippen LogP contribution in [-0.2, 0) is 16.4 Å². The molecule has 0 bridgehead atoms. The highest BCUT2D eigenvalue weighted by atomic mass is 127. The highest BCUT2D eigenvalue weighted by Crippen LogP contribution is 2.46. The van der Waals surface area contributed by atoms with Crippen LogP contribution >= 0.6 is 24.0 Å². The molecule has 0 saturated heterocycles. The Bertz CT molecular complexity index is 818. The molecule has 0 aliphatic heterocycles. The fourth-order valence-electron chi connectivity index (χ4n) is 3.30. The molecule has 2 N–H and O–H groups in total. The lowest BCUT2D eigenvalue weighted by Gasteiger charge is -2.18. The average Bonchev–Trinajstić information content (AvgIpc) is 3.53. The molecule has 0 aromatic heterocycles. The molecule has 3 rings (SSSR count). The first kappa shape index (κ1) is 24.2. The first-order chi connectivity index (χ1) is 13.3. The van der Waals surface area contributed by atoms with Gasteiger partial charge in [-0.3, -0.25) is 0 Å². The zero-order valence-corrected chi connectivity index (χ0v) is 20.8. The van der Waals surface area contributed by atoms with Gasteiger partial charge in [-0.15, -0.1) is 24.0 Å². The second-order valence-electron chi connectivity index (χ2n) is 8.48. The predicted molar refractivity (Wildman–Crippen MR) is 129 cm³/mol. The Hall–Kier alpha value is -1.03. The number of ether oxygens (including phenoxy) is 1. The zero-order valence-electron chi connectivity index (χ0n) is 17.7. The third-order valence-corrected chi connectivity index (χ3v) is 6.44. The summed E-state index contributed by atoms with van der Waals surface area (Å²) in [5.74, 6) is 2.59. The Morgan fingerprint density at radius 1 is 1.28 bits per heavy atom. The lowest BCUT2D eigenvalue weighted by atomic mass is 10.1. The van der Waals surface area contributed by atoms with Crippen LogP contribution in [0.2, 0.25) is 0 Å². The van der Waals surface area contributed by atoms with E-state index in [0.29, 0.717) is 19.0 Å². The first-order valence-electron chi connectivity index (χ1n) is 10.2. The minimum atomic E-state index is -2.97. The molecule has 1 aromatic rings. The van der Waals surface area contributed by atoms with E-state index in [-0.39, 0.29) is 35.1 Å². The van der Waals surface area contributed by atoms with Crippen LogP contribution in [0.1, 0.15) is 43.7 Å². The smallest absolute Gasteiger partial charge is 0.191 e. The van der Waals surface area contributed by atoms with E-state index in [4.69, 9.17) is 9.73 Å². The Kier molecular flexibility index (Phi) is 8.63. The number of hydrogen-bond donors (Lipinski definition) is 2. The second kappa shape index (κ2) is 10.3. The summed E-state index contributed by atoms with van der Waals surface area (Å²) in [5, 5.41) is 6.60. The molecule has 2 aliphatic rings. The first-order valence-corrected chi connectivity index (χ1v) is 12.3. The van der Waals surface area contributed by atoms with Crippen molar-refractivity contribution >= 4 is 39.8 Å². The number of aryl methyl sites for hydroxylation is 1. The van der Waals surface area contributed by atoms with Crippen molar-refractivity contribution in [2.75, 3.05) is 31.7 Å². The fourth-order valence-corrected chi connectivity index (χ4v) is 4.80. The van der Waals surface area contributed by atoms with E-state index in [9.17, 15) is 8.42 Å². The molecule has 1 aromatic carbocycles. The topological polar surface area (TPSA) is 79.8 Å². The highest BCUT2D eigenvalue weighted by molar-refractivity contribution is 14.0. The van der Waals surface area contributed by atoms with E-state index in [1.54, 1.807) is 0 Å². The van der Waals surface area contributed by atoms with Crippen LogP contribution in [0.15, 0.2) is 23.2 Å². The quantitative estimate of drug-likeness (QED) is 0.273. The van der Waals surface area contributed by atoms with E-state index in [2.05, 4.69) is 35.8 Å². The van der Waals surface area contributed by atoms with Crippen LogP contribution in [0.3, 0.4) is 0 Å². The number of hydrogen-bond acceptors (Lipinski definition) is 4. The van der Waals surface area contributed by atoms with Gasteiger partial charge in [0.2, 0.25) is 0 Å². The Morgan fingerprint density at radius 2 is 2.00 bits per heavy atom. The molecule has 0 spiro atoms. The lowest BCUT2D eigenvalue weighted by Crippen LogP contribution is -2.41. The van der Waals surface area contributed by atoms with Gasteiger partial charge in [-0.25, -0.2) is 13.4 Å². The molecule has 0 amide bonds. The third kappa shape index (κ3) is 8.32. The van der Waals surface area contributed by atoms with Gasteiger partial charge in [0.15, 0.2) is 5.96 Å². The van der Waals surface area contributed by atoms with Gasteiger partial charge in [-0.1, -0.05) is 12.1 Å². The molecule has 0 radical (unpaired) electrons. The van der Waals surface area contributed by atoms with Gasteiger partial charge in [0.25, 0.3) is 0 Å². The SMILES string of the molecule is CCNC(=NCc1ccc(C)cc1OCC1CC1)NCC1(CS(C)(=O)=O)CC1.I.